The first kappa shape index (κ1) is 23.5. The second-order valence-electron chi connectivity index (χ2n) is 9.20. The number of fused-ring (bicyclic) bond motifs is 1. The Morgan fingerprint density at radius 1 is 0.914 bits per heavy atom. The van der Waals surface area contributed by atoms with E-state index in [0.29, 0.717) is 19.0 Å². The number of ether oxygens (including phenoxy) is 2. The highest BCUT2D eigenvalue weighted by molar-refractivity contribution is 5.51. The normalized spacial score (nSPS) is 20.3. The zero-order valence-electron chi connectivity index (χ0n) is 19.3. The van der Waals surface area contributed by atoms with Crippen LogP contribution in [0.4, 0.5) is 13.2 Å². The van der Waals surface area contributed by atoms with Crippen LogP contribution < -0.4 is 9.47 Å². The number of phenols is 1. The largest absolute Gasteiger partial charge is 0.508 e. The zero-order valence-corrected chi connectivity index (χ0v) is 19.3. The summed E-state index contributed by atoms with van der Waals surface area (Å²) in [6.45, 7) is 4.11. The molecule has 1 N–H and O–H groups in total. The summed E-state index contributed by atoms with van der Waals surface area (Å²) in [4.78, 5) is 2.40. The lowest BCUT2D eigenvalue weighted by Crippen LogP contribution is -2.25. The summed E-state index contributed by atoms with van der Waals surface area (Å²) < 4.78 is 51.2. The zero-order chi connectivity index (χ0) is 24.4. The monoisotopic (exact) mass is 483 g/mol. The van der Waals surface area contributed by atoms with E-state index in [-0.39, 0.29) is 17.6 Å². The molecule has 2 atom stereocenters. The molecule has 2 aliphatic heterocycles. The van der Waals surface area contributed by atoms with Crippen LogP contribution in [0.1, 0.15) is 46.9 Å². The molecule has 7 heteroatoms. The first-order valence-corrected chi connectivity index (χ1v) is 12.0. The van der Waals surface area contributed by atoms with Gasteiger partial charge in [-0.05, 0) is 79.5 Å². The predicted octanol–water partition coefficient (Wildman–Crippen LogP) is 6.19. The number of alkyl halides is 3. The van der Waals surface area contributed by atoms with E-state index < -0.39 is 11.7 Å². The van der Waals surface area contributed by atoms with Crippen molar-refractivity contribution >= 4 is 0 Å². The number of benzene rings is 3. The van der Waals surface area contributed by atoms with Crippen LogP contribution in [0.5, 0.6) is 17.2 Å². The third kappa shape index (κ3) is 5.25. The average molecular weight is 484 g/mol. The van der Waals surface area contributed by atoms with Gasteiger partial charge in [-0.1, -0.05) is 24.3 Å². The number of likely N-dealkylation sites (tertiary alicyclic amines) is 1. The van der Waals surface area contributed by atoms with E-state index in [1.54, 1.807) is 18.2 Å². The molecular formula is C28H28F3NO3. The third-order valence-electron chi connectivity index (χ3n) is 6.93. The number of nitrogens with zero attached hydrogens (tertiary/aromatic N) is 1. The fraction of sp³-hybridized carbons (Fsp3) is 0.357. The number of aromatic hydroxyl groups is 1. The second kappa shape index (κ2) is 9.82. The Morgan fingerprint density at radius 3 is 2.29 bits per heavy atom. The Kier molecular flexibility index (Phi) is 6.60. The Morgan fingerprint density at radius 2 is 1.60 bits per heavy atom. The molecule has 1 fully saturated rings. The maximum absolute atomic E-state index is 13.1. The van der Waals surface area contributed by atoms with Gasteiger partial charge in [0.05, 0.1) is 12.2 Å². The van der Waals surface area contributed by atoms with Gasteiger partial charge >= 0.3 is 6.18 Å². The van der Waals surface area contributed by atoms with E-state index in [1.807, 2.05) is 24.3 Å². The van der Waals surface area contributed by atoms with E-state index in [0.717, 1.165) is 54.2 Å². The Bertz CT molecular complexity index is 1140. The predicted molar refractivity (Wildman–Crippen MR) is 127 cm³/mol. The molecule has 2 heterocycles. The fourth-order valence-electron chi connectivity index (χ4n) is 5.09. The molecule has 35 heavy (non-hydrogen) atoms. The van der Waals surface area contributed by atoms with Crippen molar-refractivity contribution in [3.8, 4) is 17.2 Å². The molecule has 0 amide bonds. The van der Waals surface area contributed by atoms with Crippen molar-refractivity contribution in [2.75, 3.05) is 32.8 Å². The van der Waals surface area contributed by atoms with Crippen molar-refractivity contribution in [2.45, 2.75) is 30.9 Å². The minimum atomic E-state index is -4.38. The highest BCUT2D eigenvalue weighted by atomic mass is 19.4. The number of phenolic OH excluding ortho intramolecular Hbond substituents is 1. The number of hydrogen-bond acceptors (Lipinski definition) is 4. The quantitative estimate of drug-likeness (QED) is 0.454. The lowest BCUT2D eigenvalue weighted by Gasteiger charge is -2.34. The Labute approximate surface area is 202 Å². The number of halogens is 3. The molecule has 3 aromatic rings. The summed E-state index contributed by atoms with van der Waals surface area (Å²) in [5.74, 6) is 1.16. The molecule has 0 aromatic heterocycles. The minimum Gasteiger partial charge on any atom is -0.508 e. The highest BCUT2D eigenvalue weighted by Gasteiger charge is 2.35. The van der Waals surface area contributed by atoms with Crippen molar-refractivity contribution in [1.82, 2.24) is 4.90 Å². The summed E-state index contributed by atoms with van der Waals surface area (Å²) in [5, 5.41) is 10.2. The molecular weight excluding hydrogens is 455 g/mol. The maximum atomic E-state index is 13.1. The lowest BCUT2D eigenvalue weighted by atomic mass is 9.75. The van der Waals surface area contributed by atoms with Crippen molar-refractivity contribution in [2.24, 2.45) is 0 Å². The van der Waals surface area contributed by atoms with Crippen LogP contribution in [0.2, 0.25) is 0 Å². The van der Waals surface area contributed by atoms with Gasteiger partial charge in [-0.15, -0.1) is 0 Å². The molecule has 0 aliphatic carbocycles. The molecule has 0 unspecified atom stereocenters. The maximum Gasteiger partial charge on any atom is 0.416 e. The van der Waals surface area contributed by atoms with Crippen molar-refractivity contribution in [1.29, 1.82) is 0 Å². The van der Waals surface area contributed by atoms with Crippen LogP contribution in [-0.2, 0) is 6.18 Å². The van der Waals surface area contributed by atoms with Crippen LogP contribution in [0.3, 0.4) is 0 Å². The van der Waals surface area contributed by atoms with Crippen LogP contribution in [-0.4, -0.2) is 42.9 Å². The smallest absolute Gasteiger partial charge is 0.416 e. The van der Waals surface area contributed by atoms with E-state index in [4.69, 9.17) is 9.47 Å². The summed E-state index contributed by atoms with van der Waals surface area (Å²) >= 11 is 0. The second-order valence-corrected chi connectivity index (χ2v) is 9.20. The van der Waals surface area contributed by atoms with E-state index in [2.05, 4.69) is 4.90 Å². The Hall–Kier alpha value is -3.19. The van der Waals surface area contributed by atoms with E-state index >= 15 is 0 Å². The van der Waals surface area contributed by atoms with E-state index in [9.17, 15) is 18.3 Å². The van der Waals surface area contributed by atoms with Crippen molar-refractivity contribution in [3.05, 3.63) is 89.0 Å². The first-order chi connectivity index (χ1) is 16.9. The molecule has 0 radical (unpaired) electrons. The molecule has 184 valence electrons. The molecule has 0 saturated carbocycles. The number of hydrogen-bond donors (Lipinski definition) is 1. The van der Waals surface area contributed by atoms with Crippen LogP contribution in [0, 0.1) is 0 Å². The lowest BCUT2D eigenvalue weighted by molar-refractivity contribution is -0.137. The van der Waals surface area contributed by atoms with Gasteiger partial charge in [-0.25, -0.2) is 0 Å². The molecule has 5 rings (SSSR count). The van der Waals surface area contributed by atoms with Gasteiger partial charge < -0.3 is 14.6 Å². The first-order valence-electron chi connectivity index (χ1n) is 12.0. The van der Waals surface area contributed by atoms with Crippen molar-refractivity contribution in [3.63, 3.8) is 0 Å². The van der Waals surface area contributed by atoms with Gasteiger partial charge in [-0.2, -0.15) is 13.2 Å². The van der Waals surface area contributed by atoms with Gasteiger partial charge in [0.2, 0.25) is 0 Å². The van der Waals surface area contributed by atoms with Gasteiger partial charge in [-0.3, -0.25) is 4.90 Å². The molecule has 0 bridgehead atoms. The highest BCUT2D eigenvalue weighted by Crippen LogP contribution is 2.47. The summed E-state index contributed by atoms with van der Waals surface area (Å²) in [6.07, 6.45) is -1.89. The van der Waals surface area contributed by atoms with Gasteiger partial charge in [0.15, 0.2) is 0 Å². The summed E-state index contributed by atoms with van der Waals surface area (Å²) in [6, 6.07) is 18.1. The third-order valence-corrected chi connectivity index (χ3v) is 6.93. The summed E-state index contributed by atoms with van der Waals surface area (Å²) in [5.41, 5.74) is 1.87. The molecule has 4 nitrogen and oxygen atoms in total. The average Bonchev–Trinajstić information content (AvgIpc) is 3.37. The topological polar surface area (TPSA) is 41.9 Å². The Balaban J connectivity index is 1.40. The fourth-order valence-corrected chi connectivity index (χ4v) is 5.09. The minimum absolute atomic E-state index is 0.118. The number of rotatable bonds is 6. The van der Waals surface area contributed by atoms with Crippen LogP contribution in [0.15, 0.2) is 66.7 Å². The van der Waals surface area contributed by atoms with Crippen LogP contribution in [0.25, 0.3) is 0 Å². The van der Waals surface area contributed by atoms with E-state index in [1.165, 1.54) is 25.0 Å². The van der Waals surface area contributed by atoms with Gasteiger partial charge in [0.1, 0.15) is 23.9 Å². The SMILES string of the molecule is Oc1ccc2c(c1)[C@@H](c1ccc(OCCN3CCCC3)cc1)[C@H](c1ccc(C(F)(F)F)cc1)CO2. The van der Waals surface area contributed by atoms with Crippen LogP contribution >= 0.6 is 0 Å². The molecule has 3 aromatic carbocycles. The van der Waals surface area contributed by atoms with Gasteiger partial charge in [0.25, 0.3) is 0 Å². The van der Waals surface area contributed by atoms with Gasteiger partial charge in [0, 0.05) is 23.9 Å². The molecule has 2 aliphatic rings. The summed E-state index contributed by atoms with van der Waals surface area (Å²) in [7, 11) is 0. The molecule has 0 spiro atoms. The standard InChI is InChI=1S/C28H28F3NO3/c29-28(30,31)21-7-3-19(4-8-21)25-18-35-26-12-9-22(33)17-24(26)27(25)20-5-10-23(11-6-20)34-16-15-32-13-1-2-14-32/h3-12,17,25,27,33H,1-2,13-16,18H2/t25-,27+/m0/s1. The molecule has 1 saturated heterocycles. The van der Waals surface area contributed by atoms with Crippen molar-refractivity contribution < 1.29 is 27.8 Å².